The van der Waals surface area contributed by atoms with E-state index in [-0.39, 0.29) is 17.2 Å². The molecule has 2 aromatic heterocycles. The molecular formula is C22H28ClN5O2. The number of nitrogens with one attached hydrogen (secondary N) is 3. The van der Waals surface area contributed by atoms with E-state index < -0.39 is 0 Å². The van der Waals surface area contributed by atoms with E-state index in [1.165, 1.54) is 0 Å². The van der Waals surface area contributed by atoms with Gasteiger partial charge in [0.2, 0.25) is 5.91 Å². The standard InChI is InChI=1S/C22H28ClN5O2/c1-22(4-8-30-9-5-22)14-27-19-10-15(3-7-25-19)17-11-20(26-13-18(17)23)28-21(29)16-2-6-24-12-16/h3,7,10-11,13,16,24H,2,4-6,8-9,12,14H2,1H3,(H,25,27)(H,26,28,29). The van der Waals surface area contributed by atoms with Crippen molar-refractivity contribution in [3.63, 3.8) is 0 Å². The molecule has 0 radical (unpaired) electrons. The molecule has 0 aromatic carbocycles. The first-order valence-corrected chi connectivity index (χ1v) is 10.9. The fraction of sp³-hybridized carbons (Fsp3) is 0.500. The smallest absolute Gasteiger partial charge is 0.229 e. The van der Waals surface area contributed by atoms with Crippen LogP contribution in [0.1, 0.15) is 26.2 Å². The fourth-order valence-corrected chi connectivity index (χ4v) is 4.09. The van der Waals surface area contributed by atoms with E-state index in [0.29, 0.717) is 17.4 Å². The lowest BCUT2D eigenvalue weighted by atomic mass is 9.82. The average molecular weight is 430 g/mol. The van der Waals surface area contributed by atoms with Crippen molar-refractivity contribution in [2.75, 3.05) is 43.5 Å². The number of pyridine rings is 2. The maximum Gasteiger partial charge on any atom is 0.229 e. The molecule has 1 amide bonds. The maximum atomic E-state index is 12.4. The number of amides is 1. The van der Waals surface area contributed by atoms with Gasteiger partial charge in [0.15, 0.2) is 0 Å². The molecule has 4 rings (SSSR count). The van der Waals surface area contributed by atoms with E-state index in [0.717, 1.165) is 62.5 Å². The first-order chi connectivity index (χ1) is 14.5. The molecule has 8 heteroatoms. The van der Waals surface area contributed by atoms with Gasteiger partial charge in [-0.25, -0.2) is 9.97 Å². The molecular weight excluding hydrogens is 402 g/mol. The summed E-state index contributed by atoms with van der Waals surface area (Å²) < 4.78 is 5.48. The molecule has 3 N–H and O–H groups in total. The molecule has 2 aromatic rings. The van der Waals surface area contributed by atoms with Gasteiger partial charge in [-0.3, -0.25) is 4.79 Å². The second kappa shape index (κ2) is 9.29. The van der Waals surface area contributed by atoms with Crippen LogP contribution in [-0.4, -0.2) is 48.7 Å². The Hall–Kier alpha value is -2.22. The minimum atomic E-state index is -0.0193. The van der Waals surface area contributed by atoms with Gasteiger partial charge >= 0.3 is 0 Å². The zero-order valence-corrected chi connectivity index (χ0v) is 18.0. The summed E-state index contributed by atoms with van der Waals surface area (Å²) in [6.07, 6.45) is 6.26. The Morgan fingerprint density at radius 3 is 2.90 bits per heavy atom. The lowest BCUT2D eigenvalue weighted by Crippen LogP contribution is -2.33. The predicted octanol–water partition coefficient (Wildman–Crippen LogP) is 3.57. The van der Waals surface area contributed by atoms with Gasteiger partial charge in [0.1, 0.15) is 11.6 Å². The van der Waals surface area contributed by atoms with E-state index >= 15 is 0 Å². The number of ether oxygens (including phenoxy) is 1. The quantitative estimate of drug-likeness (QED) is 0.650. The SMILES string of the molecule is CC1(CNc2cc(-c3cc(NC(=O)C4CCNC4)ncc3Cl)ccn2)CCOCC1. The topological polar surface area (TPSA) is 88.2 Å². The predicted molar refractivity (Wildman–Crippen MR) is 119 cm³/mol. The van der Waals surface area contributed by atoms with Crippen LogP contribution in [0.2, 0.25) is 5.02 Å². The Kier molecular flexibility index (Phi) is 6.51. The van der Waals surface area contributed by atoms with E-state index in [1.54, 1.807) is 12.4 Å². The molecule has 0 bridgehead atoms. The summed E-state index contributed by atoms with van der Waals surface area (Å²) in [5.74, 6) is 1.28. The first kappa shape index (κ1) is 21.0. The highest BCUT2D eigenvalue weighted by atomic mass is 35.5. The van der Waals surface area contributed by atoms with Gasteiger partial charge in [0.25, 0.3) is 0 Å². The third-order valence-electron chi connectivity index (χ3n) is 6.00. The Morgan fingerprint density at radius 2 is 2.13 bits per heavy atom. The van der Waals surface area contributed by atoms with Crippen LogP contribution >= 0.6 is 11.6 Å². The summed E-state index contributed by atoms with van der Waals surface area (Å²) in [6, 6.07) is 5.72. The zero-order chi connectivity index (χ0) is 21.0. The highest BCUT2D eigenvalue weighted by Gasteiger charge is 2.27. The minimum Gasteiger partial charge on any atom is -0.381 e. The van der Waals surface area contributed by atoms with Crippen LogP contribution in [0, 0.1) is 11.3 Å². The van der Waals surface area contributed by atoms with Crippen LogP contribution in [0.3, 0.4) is 0 Å². The Labute approximate surface area is 182 Å². The molecule has 1 atom stereocenters. The lowest BCUT2D eigenvalue weighted by Gasteiger charge is -2.33. The monoisotopic (exact) mass is 429 g/mol. The third kappa shape index (κ3) is 5.09. The Morgan fingerprint density at radius 1 is 1.30 bits per heavy atom. The van der Waals surface area contributed by atoms with Crippen LogP contribution in [0.15, 0.2) is 30.6 Å². The molecule has 1 unspecified atom stereocenters. The number of hydrogen-bond donors (Lipinski definition) is 3. The van der Waals surface area contributed by atoms with Crippen LogP contribution < -0.4 is 16.0 Å². The highest BCUT2D eigenvalue weighted by Crippen LogP contribution is 2.32. The molecule has 2 saturated heterocycles. The molecule has 2 aliphatic rings. The second-order valence-electron chi connectivity index (χ2n) is 8.43. The summed E-state index contributed by atoms with van der Waals surface area (Å²) in [5.41, 5.74) is 1.95. The van der Waals surface area contributed by atoms with Crippen molar-refractivity contribution in [2.24, 2.45) is 11.3 Å². The molecule has 4 heterocycles. The second-order valence-corrected chi connectivity index (χ2v) is 8.84. The maximum absolute atomic E-state index is 12.4. The van der Waals surface area contributed by atoms with E-state index in [4.69, 9.17) is 16.3 Å². The number of hydrogen-bond acceptors (Lipinski definition) is 6. The summed E-state index contributed by atoms with van der Waals surface area (Å²) in [7, 11) is 0. The largest absolute Gasteiger partial charge is 0.381 e. The molecule has 7 nitrogen and oxygen atoms in total. The van der Waals surface area contributed by atoms with Gasteiger partial charge in [-0.2, -0.15) is 0 Å². The van der Waals surface area contributed by atoms with Crippen molar-refractivity contribution in [2.45, 2.75) is 26.2 Å². The first-order valence-electron chi connectivity index (χ1n) is 10.5. The number of carbonyl (C=O) groups is 1. The molecule has 0 spiro atoms. The van der Waals surface area contributed by atoms with Crippen LogP contribution in [0.25, 0.3) is 11.1 Å². The van der Waals surface area contributed by atoms with Crippen molar-refractivity contribution in [1.29, 1.82) is 0 Å². The molecule has 2 fully saturated rings. The lowest BCUT2D eigenvalue weighted by molar-refractivity contribution is -0.119. The fourth-order valence-electron chi connectivity index (χ4n) is 3.87. The van der Waals surface area contributed by atoms with Crippen molar-refractivity contribution >= 4 is 29.1 Å². The van der Waals surface area contributed by atoms with Crippen LogP contribution in [-0.2, 0) is 9.53 Å². The van der Waals surface area contributed by atoms with Crippen LogP contribution in [0.4, 0.5) is 11.6 Å². The number of aromatic nitrogens is 2. The number of anilines is 2. The molecule has 0 saturated carbocycles. The van der Waals surface area contributed by atoms with Gasteiger partial charge < -0.3 is 20.7 Å². The van der Waals surface area contributed by atoms with Crippen LogP contribution in [0.5, 0.6) is 0 Å². The van der Waals surface area contributed by atoms with E-state index in [2.05, 4.69) is 32.8 Å². The summed E-state index contributed by atoms with van der Waals surface area (Å²) in [4.78, 5) is 21.1. The molecule has 2 aliphatic heterocycles. The molecule has 0 aliphatic carbocycles. The van der Waals surface area contributed by atoms with Crippen molar-refractivity contribution in [1.82, 2.24) is 15.3 Å². The Bertz CT molecular complexity index is 895. The normalized spacial score (nSPS) is 20.7. The molecule has 30 heavy (non-hydrogen) atoms. The molecule has 160 valence electrons. The minimum absolute atomic E-state index is 0.0115. The van der Waals surface area contributed by atoms with Crippen molar-refractivity contribution in [3.8, 4) is 11.1 Å². The van der Waals surface area contributed by atoms with Gasteiger partial charge in [-0.05, 0) is 55.0 Å². The summed E-state index contributed by atoms with van der Waals surface area (Å²) in [5, 5.41) is 10.1. The summed E-state index contributed by atoms with van der Waals surface area (Å²) in [6.45, 7) is 6.31. The Balaban J connectivity index is 1.47. The highest BCUT2D eigenvalue weighted by molar-refractivity contribution is 6.33. The van der Waals surface area contributed by atoms with Gasteiger partial charge in [-0.1, -0.05) is 18.5 Å². The number of carbonyl (C=O) groups excluding carboxylic acids is 1. The average Bonchev–Trinajstić information content (AvgIpc) is 3.30. The van der Waals surface area contributed by atoms with Crippen molar-refractivity contribution < 1.29 is 9.53 Å². The van der Waals surface area contributed by atoms with E-state index in [1.807, 2.05) is 18.2 Å². The van der Waals surface area contributed by atoms with Gasteiger partial charge in [0, 0.05) is 44.3 Å². The van der Waals surface area contributed by atoms with Crippen molar-refractivity contribution in [3.05, 3.63) is 35.6 Å². The van der Waals surface area contributed by atoms with E-state index in [9.17, 15) is 4.79 Å². The number of rotatable bonds is 6. The number of halogens is 1. The van der Waals surface area contributed by atoms with Gasteiger partial charge in [-0.15, -0.1) is 0 Å². The third-order valence-corrected chi connectivity index (χ3v) is 6.31. The van der Waals surface area contributed by atoms with Gasteiger partial charge in [0.05, 0.1) is 10.9 Å². The summed E-state index contributed by atoms with van der Waals surface area (Å²) >= 11 is 6.43. The zero-order valence-electron chi connectivity index (χ0n) is 17.2. The number of nitrogens with zero attached hydrogens (tertiary/aromatic N) is 2.